The minimum atomic E-state index is -4.55. The second-order valence-corrected chi connectivity index (χ2v) is 9.27. The van der Waals surface area contributed by atoms with Crippen molar-refractivity contribution in [3.63, 3.8) is 0 Å². The van der Waals surface area contributed by atoms with E-state index in [0.29, 0.717) is 51.6 Å². The van der Waals surface area contributed by atoms with Gasteiger partial charge in [0.1, 0.15) is 24.3 Å². The van der Waals surface area contributed by atoms with Crippen LogP contribution in [0.5, 0.6) is 5.88 Å². The van der Waals surface area contributed by atoms with E-state index in [4.69, 9.17) is 14.2 Å². The van der Waals surface area contributed by atoms with E-state index in [1.807, 2.05) is 4.90 Å². The summed E-state index contributed by atoms with van der Waals surface area (Å²) in [4.78, 5) is 27.3. The minimum absolute atomic E-state index is 0.00154. The van der Waals surface area contributed by atoms with Gasteiger partial charge in [0.05, 0.1) is 38.0 Å². The molecular formula is C23H29F3N6O4. The Morgan fingerprint density at radius 1 is 1.14 bits per heavy atom. The van der Waals surface area contributed by atoms with Gasteiger partial charge >= 0.3 is 6.18 Å². The van der Waals surface area contributed by atoms with E-state index in [1.165, 1.54) is 24.8 Å². The summed E-state index contributed by atoms with van der Waals surface area (Å²) in [6, 6.07) is 0. The number of carbonyl (C=O) groups is 1. The third-order valence-corrected chi connectivity index (χ3v) is 7.03. The number of methoxy groups -OCH3 is 1. The summed E-state index contributed by atoms with van der Waals surface area (Å²) >= 11 is 0. The lowest BCUT2D eigenvalue weighted by Gasteiger charge is -2.38. The van der Waals surface area contributed by atoms with E-state index >= 15 is 0 Å². The van der Waals surface area contributed by atoms with Crippen molar-refractivity contribution in [2.24, 2.45) is 10.9 Å². The molecule has 0 radical (unpaired) electrons. The van der Waals surface area contributed by atoms with Crippen molar-refractivity contribution >= 4 is 12.2 Å². The molecule has 1 amide bonds. The van der Waals surface area contributed by atoms with Gasteiger partial charge in [0.2, 0.25) is 17.7 Å². The van der Waals surface area contributed by atoms with Crippen LogP contribution in [-0.2, 0) is 27.2 Å². The number of nitrogens with zero attached hydrogens (tertiary/aromatic N) is 6. The fraction of sp³-hybridized carbons (Fsp3) is 0.652. The summed E-state index contributed by atoms with van der Waals surface area (Å²) in [5.74, 6) is 0.129. The first-order chi connectivity index (χ1) is 17.3. The number of amides is 1. The first kappa shape index (κ1) is 24.8. The SMILES string of the molecule is COC1=C(C(F)(F)F)CN(N2CCc3ncnc(OC4CCN(C(=O)C5CCOCC5)C4)c3C2)C=N1. The number of halogens is 3. The topological polar surface area (TPSA) is 92.6 Å². The smallest absolute Gasteiger partial charge is 0.419 e. The predicted octanol–water partition coefficient (Wildman–Crippen LogP) is 1.92. The Kier molecular flexibility index (Phi) is 7.02. The van der Waals surface area contributed by atoms with Crippen LogP contribution in [0.4, 0.5) is 13.2 Å². The molecule has 1 unspecified atom stereocenters. The standard InChI is InChI=1S/C23H29F3N6O4/c1-34-21-18(23(24,25)26)12-32(14-29-21)31-7-3-19-17(11-31)20(28-13-27-19)36-16-2-6-30(10-16)22(33)15-4-8-35-9-5-15/h13-16H,2-12H2,1H3. The average molecular weight is 511 g/mol. The Morgan fingerprint density at radius 3 is 2.69 bits per heavy atom. The molecule has 1 atom stereocenters. The van der Waals surface area contributed by atoms with Crippen molar-refractivity contribution in [2.45, 2.75) is 44.5 Å². The molecule has 4 aliphatic rings. The van der Waals surface area contributed by atoms with Gasteiger partial charge in [-0.1, -0.05) is 0 Å². The largest absolute Gasteiger partial charge is 0.481 e. The molecule has 1 aromatic heterocycles. The molecule has 0 spiro atoms. The third kappa shape index (κ3) is 5.12. The number of aromatic nitrogens is 2. The van der Waals surface area contributed by atoms with E-state index in [1.54, 1.807) is 5.01 Å². The molecule has 0 bridgehead atoms. The zero-order valence-electron chi connectivity index (χ0n) is 20.0. The Balaban J connectivity index is 1.25. The van der Waals surface area contributed by atoms with Crippen molar-refractivity contribution in [2.75, 3.05) is 46.5 Å². The summed E-state index contributed by atoms with van der Waals surface area (Å²) in [7, 11) is 1.17. The summed E-state index contributed by atoms with van der Waals surface area (Å²) in [6.45, 7) is 2.68. The van der Waals surface area contributed by atoms with Crippen LogP contribution in [0, 0.1) is 5.92 Å². The van der Waals surface area contributed by atoms with Crippen LogP contribution in [0.2, 0.25) is 0 Å². The van der Waals surface area contributed by atoms with E-state index in [-0.39, 0.29) is 24.5 Å². The normalized spacial score (nSPS) is 23.7. The number of hydrogen-bond donors (Lipinski definition) is 0. The summed E-state index contributed by atoms with van der Waals surface area (Å²) in [5, 5.41) is 3.21. The van der Waals surface area contributed by atoms with Crippen LogP contribution in [0.3, 0.4) is 0 Å². The maximum absolute atomic E-state index is 13.5. The third-order valence-electron chi connectivity index (χ3n) is 7.03. The van der Waals surface area contributed by atoms with Gasteiger partial charge in [-0.3, -0.25) is 9.80 Å². The number of aliphatic imine (C=N–C) groups is 1. The second-order valence-electron chi connectivity index (χ2n) is 9.27. The molecule has 0 aromatic carbocycles. The van der Waals surface area contributed by atoms with Crippen LogP contribution < -0.4 is 4.74 Å². The van der Waals surface area contributed by atoms with Gasteiger partial charge in [0.25, 0.3) is 0 Å². The van der Waals surface area contributed by atoms with Gasteiger partial charge in [-0.05, 0) is 12.8 Å². The molecule has 1 aromatic rings. The van der Waals surface area contributed by atoms with E-state index in [2.05, 4.69) is 15.0 Å². The number of carbonyl (C=O) groups excluding carboxylic acids is 1. The predicted molar refractivity (Wildman–Crippen MR) is 121 cm³/mol. The molecule has 5 heterocycles. The van der Waals surface area contributed by atoms with Crippen molar-refractivity contribution < 1.29 is 32.2 Å². The highest BCUT2D eigenvalue weighted by Gasteiger charge is 2.41. The summed E-state index contributed by atoms with van der Waals surface area (Å²) < 4.78 is 57.0. The molecule has 0 N–H and O–H groups in total. The van der Waals surface area contributed by atoms with Crippen LogP contribution in [-0.4, -0.2) is 95.9 Å². The highest BCUT2D eigenvalue weighted by atomic mass is 19.4. The van der Waals surface area contributed by atoms with Gasteiger partial charge in [-0.15, -0.1) is 0 Å². The van der Waals surface area contributed by atoms with Crippen molar-refractivity contribution in [1.29, 1.82) is 0 Å². The monoisotopic (exact) mass is 510 g/mol. The Labute approximate surface area is 206 Å². The van der Waals surface area contributed by atoms with Crippen molar-refractivity contribution in [3.05, 3.63) is 29.0 Å². The highest BCUT2D eigenvalue weighted by Crippen LogP contribution is 2.33. The van der Waals surface area contributed by atoms with Gasteiger partial charge in [-0.25, -0.2) is 20.0 Å². The lowest BCUT2D eigenvalue weighted by Crippen LogP contribution is -2.48. The fourth-order valence-corrected chi connectivity index (χ4v) is 5.03. The van der Waals surface area contributed by atoms with E-state index in [9.17, 15) is 18.0 Å². The highest BCUT2D eigenvalue weighted by molar-refractivity contribution is 5.79. The lowest BCUT2D eigenvalue weighted by molar-refractivity contribution is -0.137. The molecule has 36 heavy (non-hydrogen) atoms. The first-order valence-corrected chi connectivity index (χ1v) is 12.1. The molecule has 2 fully saturated rings. The molecule has 0 aliphatic carbocycles. The molecule has 0 saturated carbocycles. The summed E-state index contributed by atoms with van der Waals surface area (Å²) in [5.41, 5.74) is 0.711. The number of hydrazine groups is 1. The van der Waals surface area contributed by atoms with Gasteiger partial charge < -0.3 is 19.1 Å². The van der Waals surface area contributed by atoms with Gasteiger partial charge in [0.15, 0.2) is 0 Å². The van der Waals surface area contributed by atoms with Crippen LogP contribution in [0.25, 0.3) is 0 Å². The molecule has 4 aliphatic heterocycles. The molecule has 5 rings (SSSR count). The Hall–Kier alpha value is -2.93. The van der Waals surface area contributed by atoms with Gasteiger partial charge in [0, 0.05) is 45.1 Å². The zero-order valence-corrected chi connectivity index (χ0v) is 20.0. The first-order valence-electron chi connectivity index (χ1n) is 12.1. The number of ether oxygens (including phenoxy) is 3. The van der Waals surface area contributed by atoms with E-state index < -0.39 is 24.2 Å². The number of fused-ring (bicyclic) bond motifs is 1. The maximum atomic E-state index is 13.5. The average Bonchev–Trinajstić information content (AvgIpc) is 3.36. The molecular weight excluding hydrogens is 481 g/mol. The quantitative estimate of drug-likeness (QED) is 0.594. The van der Waals surface area contributed by atoms with Crippen molar-refractivity contribution in [3.8, 4) is 5.88 Å². The minimum Gasteiger partial charge on any atom is -0.481 e. The Morgan fingerprint density at radius 2 is 1.94 bits per heavy atom. The summed E-state index contributed by atoms with van der Waals surface area (Å²) in [6.07, 6.45) is 0.740. The van der Waals surface area contributed by atoms with Crippen LogP contribution in [0.1, 0.15) is 30.5 Å². The van der Waals surface area contributed by atoms with Crippen LogP contribution >= 0.6 is 0 Å². The lowest BCUT2D eigenvalue weighted by atomic mass is 9.99. The molecule has 13 heteroatoms. The Bertz CT molecular complexity index is 1040. The number of alkyl halides is 3. The number of hydrogen-bond acceptors (Lipinski definition) is 9. The fourth-order valence-electron chi connectivity index (χ4n) is 5.03. The molecule has 2 saturated heterocycles. The van der Waals surface area contributed by atoms with Gasteiger partial charge in [-0.2, -0.15) is 13.2 Å². The second kappa shape index (κ2) is 10.2. The molecule has 196 valence electrons. The number of rotatable bonds is 5. The maximum Gasteiger partial charge on any atom is 0.419 e. The van der Waals surface area contributed by atoms with Crippen molar-refractivity contribution in [1.82, 2.24) is 24.9 Å². The van der Waals surface area contributed by atoms with Crippen LogP contribution in [0.15, 0.2) is 22.8 Å². The van der Waals surface area contributed by atoms with E-state index in [0.717, 1.165) is 24.1 Å². The number of likely N-dealkylation sites (tertiary alicyclic amines) is 1. The molecule has 10 nitrogen and oxygen atoms in total. The zero-order chi connectivity index (χ0) is 25.3.